The maximum absolute atomic E-state index is 12.7. The number of hydrogen-bond acceptors (Lipinski definition) is 4. The summed E-state index contributed by atoms with van der Waals surface area (Å²) in [5, 5.41) is 3.41. The van der Waals surface area contributed by atoms with E-state index in [9.17, 15) is 4.79 Å². The third-order valence-corrected chi connectivity index (χ3v) is 5.63. The molecule has 1 N–H and O–H groups in total. The molecular formula is C21H35IN6O. The lowest BCUT2D eigenvalue weighted by Gasteiger charge is -2.39. The fourth-order valence-electron chi connectivity index (χ4n) is 3.93. The molecule has 2 aliphatic heterocycles. The highest BCUT2D eigenvalue weighted by molar-refractivity contribution is 14.0. The van der Waals surface area contributed by atoms with Gasteiger partial charge in [-0.3, -0.25) is 19.7 Å². The van der Waals surface area contributed by atoms with Crippen molar-refractivity contribution in [2.24, 2.45) is 4.99 Å². The van der Waals surface area contributed by atoms with Gasteiger partial charge in [0.05, 0.1) is 6.04 Å². The minimum atomic E-state index is -0.0241. The molecule has 0 aliphatic carbocycles. The SMILES string of the molecule is CCNC(=NCCc1ccccn1)N1CCN(C(C)C(=O)N2CCCC2)CC1.I. The molecule has 0 saturated carbocycles. The summed E-state index contributed by atoms with van der Waals surface area (Å²) in [5.74, 6) is 1.26. The number of aromatic nitrogens is 1. The maximum Gasteiger partial charge on any atom is 0.239 e. The Kier molecular flexibility index (Phi) is 10.1. The van der Waals surface area contributed by atoms with Gasteiger partial charge >= 0.3 is 0 Å². The Morgan fingerprint density at radius 3 is 2.48 bits per heavy atom. The smallest absolute Gasteiger partial charge is 0.239 e. The number of nitrogens with one attached hydrogen (secondary N) is 1. The van der Waals surface area contributed by atoms with Gasteiger partial charge < -0.3 is 15.1 Å². The summed E-state index contributed by atoms with van der Waals surface area (Å²) in [4.78, 5) is 28.5. The first-order valence-corrected chi connectivity index (χ1v) is 10.6. The highest BCUT2D eigenvalue weighted by Crippen LogP contribution is 2.14. The first-order valence-electron chi connectivity index (χ1n) is 10.6. The molecule has 1 unspecified atom stereocenters. The third kappa shape index (κ3) is 6.80. The number of likely N-dealkylation sites (tertiary alicyclic amines) is 1. The van der Waals surface area contributed by atoms with Gasteiger partial charge in [0.25, 0.3) is 0 Å². The van der Waals surface area contributed by atoms with Crippen molar-refractivity contribution in [2.45, 2.75) is 39.2 Å². The Morgan fingerprint density at radius 2 is 1.86 bits per heavy atom. The van der Waals surface area contributed by atoms with E-state index in [4.69, 9.17) is 4.99 Å². The number of halogens is 1. The summed E-state index contributed by atoms with van der Waals surface area (Å²) in [5.41, 5.74) is 1.07. The maximum atomic E-state index is 12.7. The van der Waals surface area contributed by atoms with Crippen LogP contribution in [-0.4, -0.2) is 90.0 Å². The van der Waals surface area contributed by atoms with Crippen molar-refractivity contribution in [3.63, 3.8) is 0 Å². The van der Waals surface area contributed by atoms with E-state index >= 15 is 0 Å². The second-order valence-corrected chi connectivity index (χ2v) is 7.54. The lowest BCUT2D eigenvalue weighted by molar-refractivity contribution is -0.135. The first-order chi connectivity index (χ1) is 13.7. The average Bonchev–Trinajstić information content (AvgIpc) is 3.28. The molecule has 1 aromatic rings. The number of rotatable bonds is 6. The van der Waals surface area contributed by atoms with Gasteiger partial charge in [0.1, 0.15) is 0 Å². The number of amides is 1. The molecule has 3 heterocycles. The summed E-state index contributed by atoms with van der Waals surface area (Å²) in [7, 11) is 0. The molecule has 3 rings (SSSR count). The second-order valence-electron chi connectivity index (χ2n) is 7.54. The number of guanidine groups is 1. The monoisotopic (exact) mass is 514 g/mol. The number of carbonyl (C=O) groups is 1. The van der Waals surface area contributed by atoms with Crippen LogP contribution in [0.15, 0.2) is 29.4 Å². The fraction of sp³-hybridized carbons (Fsp3) is 0.667. The molecule has 0 spiro atoms. The van der Waals surface area contributed by atoms with E-state index in [0.717, 1.165) is 83.3 Å². The number of hydrogen-bond donors (Lipinski definition) is 1. The highest BCUT2D eigenvalue weighted by atomic mass is 127. The van der Waals surface area contributed by atoms with Crippen molar-refractivity contribution >= 4 is 35.8 Å². The lowest BCUT2D eigenvalue weighted by atomic mass is 10.2. The van der Waals surface area contributed by atoms with Crippen LogP contribution in [0.1, 0.15) is 32.4 Å². The minimum Gasteiger partial charge on any atom is -0.357 e. The largest absolute Gasteiger partial charge is 0.357 e. The van der Waals surface area contributed by atoms with Crippen molar-refractivity contribution in [2.75, 3.05) is 52.4 Å². The van der Waals surface area contributed by atoms with E-state index in [1.54, 1.807) is 0 Å². The van der Waals surface area contributed by atoms with Crippen LogP contribution in [0.2, 0.25) is 0 Å². The zero-order valence-corrected chi connectivity index (χ0v) is 20.0. The summed E-state index contributed by atoms with van der Waals surface area (Å²) in [6.07, 6.45) is 4.96. The molecule has 0 aromatic carbocycles. The van der Waals surface area contributed by atoms with Gasteiger partial charge in [-0.15, -0.1) is 24.0 Å². The van der Waals surface area contributed by atoms with Crippen LogP contribution in [0.4, 0.5) is 0 Å². The Bertz CT molecular complexity index is 642. The van der Waals surface area contributed by atoms with Gasteiger partial charge in [0, 0.05) is 70.7 Å². The van der Waals surface area contributed by atoms with E-state index in [2.05, 4.69) is 33.9 Å². The summed E-state index contributed by atoms with van der Waals surface area (Å²) >= 11 is 0. The lowest BCUT2D eigenvalue weighted by Crippen LogP contribution is -2.57. The van der Waals surface area contributed by atoms with Crippen LogP contribution in [0.25, 0.3) is 0 Å². The zero-order valence-electron chi connectivity index (χ0n) is 17.7. The summed E-state index contributed by atoms with van der Waals surface area (Å²) < 4.78 is 0. The topological polar surface area (TPSA) is 64.1 Å². The quantitative estimate of drug-likeness (QED) is 0.357. The van der Waals surface area contributed by atoms with Gasteiger partial charge in [0.15, 0.2) is 5.96 Å². The Morgan fingerprint density at radius 1 is 1.14 bits per heavy atom. The molecule has 0 bridgehead atoms. The van der Waals surface area contributed by atoms with Crippen molar-refractivity contribution in [1.29, 1.82) is 0 Å². The Balaban J connectivity index is 0.00000300. The number of pyridine rings is 1. The van der Waals surface area contributed by atoms with Gasteiger partial charge in [-0.1, -0.05) is 6.07 Å². The summed E-state index contributed by atoms with van der Waals surface area (Å²) in [6.45, 7) is 11.2. The molecule has 2 saturated heterocycles. The zero-order chi connectivity index (χ0) is 19.8. The van der Waals surface area contributed by atoms with E-state index in [1.165, 1.54) is 0 Å². The minimum absolute atomic E-state index is 0. The van der Waals surface area contributed by atoms with Crippen LogP contribution in [0.5, 0.6) is 0 Å². The third-order valence-electron chi connectivity index (χ3n) is 5.63. The molecule has 2 fully saturated rings. The van der Waals surface area contributed by atoms with Crippen LogP contribution >= 0.6 is 24.0 Å². The van der Waals surface area contributed by atoms with Crippen LogP contribution in [0.3, 0.4) is 0 Å². The van der Waals surface area contributed by atoms with Crippen LogP contribution < -0.4 is 5.32 Å². The van der Waals surface area contributed by atoms with E-state index in [-0.39, 0.29) is 30.0 Å². The van der Waals surface area contributed by atoms with Gasteiger partial charge in [-0.2, -0.15) is 0 Å². The van der Waals surface area contributed by atoms with Crippen LogP contribution in [0, 0.1) is 0 Å². The standard InChI is InChI=1S/C21H34N6O.HI/c1-3-22-21(24-11-9-19-8-4-5-10-23-19)27-16-14-25(15-17-27)18(2)20(28)26-12-6-7-13-26;/h4-5,8,10,18H,3,6-7,9,11-17H2,1-2H3,(H,22,24);1H. The molecule has 8 heteroatoms. The summed E-state index contributed by atoms with van der Waals surface area (Å²) in [6, 6.07) is 5.97. The number of carbonyl (C=O) groups excluding carboxylic acids is 1. The Hall–Kier alpha value is -1.42. The van der Waals surface area contributed by atoms with E-state index in [1.807, 2.05) is 29.3 Å². The molecule has 0 radical (unpaired) electrons. The van der Waals surface area contributed by atoms with Crippen molar-refractivity contribution in [3.05, 3.63) is 30.1 Å². The first kappa shape index (κ1) is 23.9. The number of aliphatic imine (C=N–C) groups is 1. The molecule has 1 atom stereocenters. The fourth-order valence-corrected chi connectivity index (χ4v) is 3.93. The molecule has 7 nitrogen and oxygen atoms in total. The van der Waals surface area contributed by atoms with Gasteiger partial charge in [0.2, 0.25) is 5.91 Å². The predicted molar refractivity (Wildman–Crippen MR) is 128 cm³/mol. The molecule has 1 amide bonds. The molecule has 1 aromatic heterocycles. The number of nitrogens with zero attached hydrogens (tertiary/aromatic N) is 5. The second kappa shape index (κ2) is 12.3. The molecule has 29 heavy (non-hydrogen) atoms. The van der Waals surface area contributed by atoms with Crippen molar-refractivity contribution in [3.8, 4) is 0 Å². The average molecular weight is 514 g/mol. The molecular weight excluding hydrogens is 479 g/mol. The predicted octanol–water partition coefficient (Wildman–Crippen LogP) is 1.84. The number of piperazine rings is 1. The Labute approximate surface area is 192 Å². The molecule has 2 aliphatic rings. The van der Waals surface area contributed by atoms with Gasteiger partial charge in [-0.05, 0) is 38.8 Å². The molecule has 162 valence electrons. The van der Waals surface area contributed by atoms with Crippen LogP contribution in [-0.2, 0) is 11.2 Å². The van der Waals surface area contributed by atoms with Crippen molar-refractivity contribution < 1.29 is 4.79 Å². The van der Waals surface area contributed by atoms with E-state index in [0.29, 0.717) is 5.91 Å². The highest BCUT2D eigenvalue weighted by Gasteiger charge is 2.30. The van der Waals surface area contributed by atoms with E-state index < -0.39 is 0 Å². The van der Waals surface area contributed by atoms with Gasteiger partial charge in [-0.25, -0.2) is 0 Å². The van der Waals surface area contributed by atoms with Crippen molar-refractivity contribution in [1.82, 2.24) is 25.0 Å². The normalized spacial score (nSPS) is 19.0.